The molecule has 7 rings (SSSR count). The van der Waals surface area contributed by atoms with Crippen molar-refractivity contribution < 1.29 is 80.0 Å². The molecule has 1 aliphatic heterocycles. The molecule has 4 aromatic carbocycles. The van der Waals surface area contributed by atoms with E-state index in [9.17, 15) is 61.1 Å². The van der Waals surface area contributed by atoms with E-state index in [0.29, 0.717) is 79.5 Å². The number of rotatable bonds is 38. The van der Waals surface area contributed by atoms with Gasteiger partial charge in [0.15, 0.2) is 11.2 Å². The second kappa shape index (κ2) is 38.8. The molecule has 6 aromatic rings. The van der Waals surface area contributed by atoms with Crippen molar-refractivity contribution in [2.75, 3.05) is 76.3 Å². The highest BCUT2D eigenvalue weighted by atomic mass is 33.1. The van der Waals surface area contributed by atoms with E-state index in [4.69, 9.17) is 23.7 Å². The Morgan fingerprint density at radius 2 is 1.35 bits per heavy atom. The molecule has 0 unspecified atom stereocenters. The van der Waals surface area contributed by atoms with Crippen molar-refractivity contribution in [2.24, 2.45) is 5.92 Å². The number of nitrogens with one attached hydrogen (secondary N) is 6. The van der Waals surface area contributed by atoms with Crippen LogP contribution in [-0.2, 0) is 64.7 Å². The molecule has 31 heteroatoms. The first kappa shape index (κ1) is 78.7. The zero-order valence-corrected chi connectivity index (χ0v) is 58.6. The van der Waals surface area contributed by atoms with Crippen LogP contribution in [0.4, 0.5) is 24.8 Å². The number of fused-ring (bicyclic) bond motifs is 1. The first-order valence-electron chi connectivity index (χ1n) is 32.9. The van der Waals surface area contributed by atoms with Crippen LogP contribution in [-0.4, -0.2) is 169 Å². The minimum absolute atomic E-state index is 0.0272. The summed E-state index contributed by atoms with van der Waals surface area (Å²) in [6, 6.07) is 27.7. The molecule has 0 aliphatic carbocycles. The number of carbonyl (C=O) groups excluding carboxylic acids is 9. The second-order valence-electron chi connectivity index (χ2n) is 23.8. The zero-order valence-electron chi connectivity index (χ0n) is 56.9. The fourth-order valence-corrected chi connectivity index (χ4v) is 12.9. The average Bonchev–Trinajstić information content (AvgIpc) is 1.41. The molecule has 0 spiro atoms. The van der Waals surface area contributed by atoms with Crippen LogP contribution in [0.1, 0.15) is 124 Å². The molecule has 1 saturated heterocycles. The normalized spacial score (nSPS) is 13.9. The maximum absolute atomic E-state index is 14.2. The van der Waals surface area contributed by atoms with Gasteiger partial charge in [0.2, 0.25) is 35.5 Å². The van der Waals surface area contributed by atoms with Gasteiger partial charge in [0.1, 0.15) is 29.2 Å². The number of amides is 7. The highest BCUT2D eigenvalue weighted by Crippen LogP contribution is 2.43. The number of benzene rings is 4. The first-order valence-corrected chi connectivity index (χ1v) is 35.4. The van der Waals surface area contributed by atoms with Gasteiger partial charge in [0.25, 0.3) is 11.5 Å². The number of alkyl halides is 3. The van der Waals surface area contributed by atoms with Crippen molar-refractivity contribution in [3.05, 3.63) is 148 Å². The summed E-state index contributed by atoms with van der Waals surface area (Å²) in [6.45, 7) is 3.41. The van der Waals surface area contributed by atoms with Gasteiger partial charge in [0, 0.05) is 80.9 Å². The van der Waals surface area contributed by atoms with Gasteiger partial charge in [-0.1, -0.05) is 103 Å². The van der Waals surface area contributed by atoms with Crippen molar-refractivity contribution in [3.63, 3.8) is 0 Å². The standard InChI is InChI=1S/C70H84F3N11O15S2/c1-44(2)63(90)81-68-80-62-61(65(92)82-68)78-49(40-77-62)41-84(67(94)70(71,72)73)50-25-19-45(20-26-50)64(91)79-55(66(93)97-6)31-32-58(87)75-35-13-8-7-12-17-57(86)76-36-38-101-100-37-14-18-59(88)83-42-54(99-60(89)34-33-56(85)74-3)39-51(83)43-98-69(46-15-10-9-11-16-46,47-21-27-52(95-4)28-22-47)48-23-29-53(96-5)30-24-48/h9-11,15-16,19-30,40,44,51,54-55H,7-8,12-14,17-18,31-39,41-43H2,1-6H3,(H,74,85)(H,75,87)(H,76,86)(H,79,91)(H2,77,80,81,82,90,92)/t51-,54+,55-/m0/s1. The van der Waals surface area contributed by atoms with Gasteiger partial charge in [-0.3, -0.25) is 58.4 Å². The van der Waals surface area contributed by atoms with Gasteiger partial charge in [-0.25, -0.2) is 14.8 Å². The molecule has 1 aliphatic rings. The number of ether oxygens (including phenoxy) is 5. The molecule has 2 aromatic heterocycles. The summed E-state index contributed by atoms with van der Waals surface area (Å²) in [5.41, 5.74) is -0.805. The molecule has 542 valence electrons. The second-order valence-corrected chi connectivity index (χ2v) is 26.5. The lowest BCUT2D eigenvalue weighted by Crippen LogP contribution is -2.42. The Balaban J connectivity index is 0.797. The number of H-pyrrole nitrogens is 1. The number of hydrogen-bond acceptors (Lipinski definition) is 20. The lowest BCUT2D eigenvalue weighted by molar-refractivity contribution is -0.170. The Kier molecular flexibility index (Phi) is 30.3. The molecular formula is C70H84F3N11O15S2. The van der Waals surface area contributed by atoms with E-state index in [2.05, 4.69) is 46.5 Å². The number of anilines is 2. The molecular weight excluding hydrogens is 1360 g/mol. The van der Waals surface area contributed by atoms with Crippen LogP contribution in [0.25, 0.3) is 11.2 Å². The van der Waals surface area contributed by atoms with Gasteiger partial charge in [-0.15, -0.1) is 0 Å². The fourth-order valence-electron chi connectivity index (χ4n) is 10.9. The molecule has 26 nitrogen and oxygen atoms in total. The van der Waals surface area contributed by atoms with E-state index in [1.54, 1.807) is 54.6 Å². The van der Waals surface area contributed by atoms with Crippen LogP contribution < -0.4 is 46.5 Å². The zero-order chi connectivity index (χ0) is 73.1. The third kappa shape index (κ3) is 23.2. The number of hydrogen-bond donors (Lipinski definition) is 6. The summed E-state index contributed by atoms with van der Waals surface area (Å²) >= 11 is 0. The Morgan fingerprint density at radius 1 is 0.713 bits per heavy atom. The van der Waals surface area contributed by atoms with Crippen LogP contribution in [0.3, 0.4) is 0 Å². The largest absolute Gasteiger partial charge is 0.497 e. The van der Waals surface area contributed by atoms with Crippen LogP contribution in [0.15, 0.2) is 114 Å². The molecule has 101 heavy (non-hydrogen) atoms. The van der Waals surface area contributed by atoms with Gasteiger partial charge in [-0.2, -0.15) is 18.2 Å². The minimum Gasteiger partial charge on any atom is -0.497 e. The third-order valence-corrected chi connectivity index (χ3v) is 18.8. The van der Waals surface area contributed by atoms with Gasteiger partial charge in [-0.05, 0) is 90.9 Å². The number of halogens is 3. The predicted molar refractivity (Wildman–Crippen MR) is 372 cm³/mol. The SMILES string of the molecule is CNC(=O)CCC(=O)O[C@@H]1C[C@@H](COC(c2ccccc2)(c2ccc(OC)cc2)c2ccc(OC)cc2)N(C(=O)CCCSSCCNC(=O)CCCCCCNC(=O)CC[C@H](NC(=O)c2ccc(N(Cc3cnc4nc(NC(=O)C(C)C)[nH]c(=O)c4n3)C(=O)C(F)(F)F)cc2)C(=O)OC)C1. The van der Waals surface area contributed by atoms with E-state index in [1.165, 1.54) is 7.05 Å². The van der Waals surface area contributed by atoms with Gasteiger partial charge >= 0.3 is 24.0 Å². The number of esters is 2. The van der Waals surface area contributed by atoms with E-state index in [0.717, 1.165) is 60.7 Å². The monoisotopic (exact) mass is 1440 g/mol. The Hall–Kier alpha value is -9.62. The number of methoxy groups -OCH3 is 3. The summed E-state index contributed by atoms with van der Waals surface area (Å²) in [4.78, 5) is 145. The van der Waals surface area contributed by atoms with Crippen LogP contribution >= 0.6 is 21.6 Å². The summed E-state index contributed by atoms with van der Waals surface area (Å²) in [5, 5.41) is 13.1. The van der Waals surface area contributed by atoms with Crippen molar-refractivity contribution in [2.45, 2.75) is 127 Å². The number of aromatic amines is 1. The van der Waals surface area contributed by atoms with E-state index in [-0.39, 0.29) is 97.0 Å². The summed E-state index contributed by atoms with van der Waals surface area (Å²) in [5.74, 6) is -3.92. The summed E-state index contributed by atoms with van der Waals surface area (Å²) in [6.07, 6.45) is -1.34. The number of unbranched alkanes of at least 4 members (excludes halogenated alkanes) is 3. The molecule has 0 saturated carbocycles. The van der Waals surface area contributed by atoms with Crippen LogP contribution in [0, 0.1) is 5.92 Å². The lowest BCUT2D eigenvalue weighted by Gasteiger charge is -2.38. The van der Waals surface area contributed by atoms with Crippen molar-refractivity contribution >= 4 is 97.7 Å². The molecule has 1 fully saturated rings. The van der Waals surface area contributed by atoms with Crippen LogP contribution in [0.2, 0.25) is 0 Å². The third-order valence-electron chi connectivity index (χ3n) is 16.3. The Labute approximate surface area is 589 Å². The van der Waals surface area contributed by atoms with Crippen molar-refractivity contribution in [1.82, 2.24) is 46.1 Å². The maximum Gasteiger partial charge on any atom is 0.471 e. The topological polar surface area (TPSA) is 338 Å². The van der Waals surface area contributed by atoms with Gasteiger partial charge in [0.05, 0.1) is 65.4 Å². The number of aromatic nitrogens is 4. The number of likely N-dealkylation sites (tertiary alicyclic amines) is 1. The fraction of sp³-hybridized carbons (Fsp3) is 0.443. The predicted octanol–water partition coefficient (Wildman–Crippen LogP) is 7.86. The van der Waals surface area contributed by atoms with E-state index >= 15 is 0 Å². The minimum atomic E-state index is -5.36. The molecule has 3 heterocycles. The highest BCUT2D eigenvalue weighted by Gasteiger charge is 2.45. The Bertz CT molecular complexity index is 3810. The number of nitrogens with zero attached hydrogens (tertiary/aromatic N) is 5. The Morgan fingerprint density at radius 3 is 1.98 bits per heavy atom. The van der Waals surface area contributed by atoms with E-state index in [1.807, 2.05) is 78.9 Å². The summed E-state index contributed by atoms with van der Waals surface area (Å²) < 4.78 is 70.7. The molecule has 0 bridgehead atoms. The molecule has 3 atom stereocenters. The van der Waals surface area contributed by atoms with Crippen molar-refractivity contribution in [1.29, 1.82) is 0 Å². The molecule has 7 amide bonds. The van der Waals surface area contributed by atoms with Crippen molar-refractivity contribution in [3.8, 4) is 11.5 Å². The lowest BCUT2D eigenvalue weighted by atomic mass is 9.80. The molecule has 0 radical (unpaired) electrons. The maximum atomic E-state index is 14.2. The molecule has 6 N–H and O–H groups in total. The number of carbonyl (C=O) groups is 9. The van der Waals surface area contributed by atoms with Gasteiger partial charge < -0.3 is 49.9 Å². The van der Waals surface area contributed by atoms with E-state index < -0.39 is 83.6 Å². The first-order chi connectivity index (χ1) is 48.5. The average molecular weight is 1440 g/mol. The highest BCUT2D eigenvalue weighted by molar-refractivity contribution is 8.76. The summed E-state index contributed by atoms with van der Waals surface area (Å²) in [7, 11) is 8.96. The smallest absolute Gasteiger partial charge is 0.471 e. The van der Waals surface area contributed by atoms with Crippen LogP contribution in [0.5, 0.6) is 11.5 Å². The quantitative estimate of drug-likeness (QED) is 0.00929.